The molecule has 5 rings (SSSR count). The molecule has 1 aromatic rings. The van der Waals surface area contributed by atoms with Gasteiger partial charge >= 0.3 is 12.1 Å². The first-order valence-electron chi connectivity index (χ1n) is 18.6. The molecule has 1 aromatic carbocycles. The Labute approximate surface area is 303 Å². The third-order valence-corrected chi connectivity index (χ3v) is 13.2. The first-order chi connectivity index (χ1) is 23.5. The molecule has 282 valence electrons. The number of esters is 1. The van der Waals surface area contributed by atoms with Gasteiger partial charge < -0.3 is 30.7 Å². The van der Waals surface area contributed by atoms with E-state index in [1.807, 2.05) is 106 Å². The first kappa shape index (κ1) is 38.6. The van der Waals surface area contributed by atoms with E-state index in [1.54, 1.807) is 0 Å². The van der Waals surface area contributed by atoms with Crippen molar-refractivity contribution in [2.24, 2.45) is 45.3 Å². The van der Waals surface area contributed by atoms with Crippen LogP contribution in [0.2, 0.25) is 0 Å². The Kier molecular flexibility index (Phi) is 10.1. The van der Waals surface area contributed by atoms with E-state index in [2.05, 4.69) is 21.3 Å². The lowest BCUT2D eigenvalue weighted by molar-refractivity contribution is -0.175. The number of amides is 4. The minimum absolute atomic E-state index is 0.0432. The summed E-state index contributed by atoms with van der Waals surface area (Å²) in [6, 6.07) is 8.87. The molecule has 0 heterocycles. The van der Waals surface area contributed by atoms with E-state index in [-0.39, 0.29) is 78.1 Å². The van der Waals surface area contributed by atoms with E-state index >= 15 is 0 Å². The number of carbonyl (C=O) groups is 5. The summed E-state index contributed by atoms with van der Waals surface area (Å²) >= 11 is 0. The predicted molar refractivity (Wildman–Crippen MR) is 193 cm³/mol. The second-order valence-corrected chi connectivity index (χ2v) is 18.9. The van der Waals surface area contributed by atoms with Gasteiger partial charge in [0.1, 0.15) is 12.2 Å². The van der Waals surface area contributed by atoms with Crippen LogP contribution in [0.15, 0.2) is 30.3 Å². The second-order valence-electron chi connectivity index (χ2n) is 18.9. The van der Waals surface area contributed by atoms with Crippen LogP contribution in [0, 0.1) is 45.3 Å². The van der Waals surface area contributed by atoms with Gasteiger partial charge in [-0.25, -0.2) is 4.79 Å². The molecule has 0 aliphatic heterocycles. The predicted octanol–water partition coefficient (Wildman–Crippen LogP) is 5.26. The molecule has 11 nitrogen and oxygen atoms in total. The second kappa shape index (κ2) is 13.4. The smallest absolute Gasteiger partial charge is 0.407 e. The summed E-state index contributed by atoms with van der Waals surface area (Å²) in [6.07, 6.45) is 1.66. The fourth-order valence-electron chi connectivity index (χ4n) is 8.51. The van der Waals surface area contributed by atoms with Gasteiger partial charge in [-0.1, -0.05) is 85.7 Å². The van der Waals surface area contributed by atoms with Gasteiger partial charge in [0.15, 0.2) is 0 Å². The lowest BCUT2D eigenvalue weighted by atomic mass is 9.55. The molecule has 8 atom stereocenters. The molecule has 11 heteroatoms. The van der Waals surface area contributed by atoms with Crippen LogP contribution in [0.4, 0.5) is 4.79 Å². The number of hydrogen-bond acceptors (Lipinski definition) is 7. The van der Waals surface area contributed by atoms with E-state index < -0.39 is 33.4 Å². The van der Waals surface area contributed by atoms with Crippen LogP contribution in [0.5, 0.6) is 0 Å². The van der Waals surface area contributed by atoms with Crippen molar-refractivity contribution in [2.75, 3.05) is 0 Å². The maximum atomic E-state index is 13.5. The van der Waals surface area contributed by atoms with Crippen molar-refractivity contribution in [3.8, 4) is 0 Å². The molecule has 0 spiro atoms. The van der Waals surface area contributed by atoms with Gasteiger partial charge in [-0.2, -0.15) is 0 Å². The quantitative estimate of drug-likeness (QED) is 0.242. The van der Waals surface area contributed by atoms with Crippen LogP contribution in [-0.4, -0.2) is 59.6 Å². The van der Waals surface area contributed by atoms with Crippen LogP contribution >= 0.6 is 0 Å². The van der Waals surface area contributed by atoms with Crippen molar-refractivity contribution >= 4 is 29.8 Å². The average Bonchev–Trinajstić information content (AvgIpc) is 3.02. The molecule has 4 aliphatic carbocycles. The number of benzene rings is 1. The molecule has 0 saturated heterocycles. The zero-order valence-corrected chi connectivity index (χ0v) is 32.4. The average molecular weight is 709 g/mol. The van der Waals surface area contributed by atoms with Crippen LogP contribution in [0.1, 0.15) is 107 Å². The normalized spacial score (nSPS) is 32.2. The Morgan fingerprint density at radius 2 is 0.941 bits per heavy atom. The van der Waals surface area contributed by atoms with Gasteiger partial charge in [0.2, 0.25) is 17.7 Å². The topological polar surface area (TPSA) is 152 Å². The van der Waals surface area contributed by atoms with Crippen LogP contribution in [0.25, 0.3) is 0 Å². The number of ether oxygens (including phenoxy) is 2. The first-order valence-corrected chi connectivity index (χ1v) is 18.6. The maximum absolute atomic E-state index is 13.5. The van der Waals surface area contributed by atoms with E-state index in [4.69, 9.17) is 9.47 Å². The molecular weight excluding hydrogens is 648 g/mol. The summed E-state index contributed by atoms with van der Waals surface area (Å²) in [5.41, 5.74) is -1.40. The third kappa shape index (κ3) is 7.49. The van der Waals surface area contributed by atoms with Gasteiger partial charge in [0.05, 0.1) is 5.92 Å². The Hall–Kier alpha value is -3.63. The Morgan fingerprint density at radius 3 is 1.29 bits per heavy atom. The Balaban J connectivity index is 1.05. The van der Waals surface area contributed by atoms with E-state index in [1.165, 1.54) is 0 Å². The molecule has 4 aliphatic rings. The molecule has 0 aromatic heterocycles. The summed E-state index contributed by atoms with van der Waals surface area (Å²) < 4.78 is 11.0. The minimum Gasteiger partial charge on any atom is -0.460 e. The van der Waals surface area contributed by atoms with E-state index in [0.717, 1.165) is 5.56 Å². The summed E-state index contributed by atoms with van der Waals surface area (Å²) in [6.45, 7) is 21.7. The van der Waals surface area contributed by atoms with Crippen LogP contribution in [0.3, 0.4) is 0 Å². The molecule has 0 radical (unpaired) electrons. The molecular formula is C40H60N4O7. The highest BCUT2D eigenvalue weighted by atomic mass is 16.6. The fourth-order valence-corrected chi connectivity index (χ4v) is 8.51. The molecule has 0 bridgehead atoms. The van der Waals surface area contributed by atoms with Gasteiger partial charge in [0, 0.05) is 41.9 Å². The van der Waals surface area contributed by atoms with Crippen molar-refractivity contribution in [3.63, 3.8) is 0 Å². The number of alkyl carbamates (subject to hydrolysis) is 1. The number of rotatable bonds is 10. The minimum atomic E-state index is -0.557. The van der Waals surface area contributed by atoms with Crippen molar-refractivity contribution in [3.05, 3.63) is 35.9 Å². The van der Waals surface area contributed by atoms with Crippen molar-refractivity contribution in [1.82, 2.24) is 21.3 Å². The Morgan fingerprint density at radius 1 is 0.588 bits per heavy atom. The highest BCUT2D eigenvalue weighted by molar-refractivity contribution is 5.86. The standard InChI is InChI=1S/C40H60N4O7/c1-36(2,3)51-34(48)26-20-29(40(26,10)11)43-32(46)24-18-27(38(24,6)7)41-31(45)23-17-28(37(23,4)5)42-33(47)25-19-30(39(25,8)9)44-35(49)50-21-22-15-13-12-14-16-22/h12-16,23-30H,17-21H2,1-11H3,(H,41,45)(H,42,47)(H,43,46)(H,44,49)/t23-,24+,25+,26-,27+,28-,29-,30+/m1/s1. The number of hydrogen-bond donors (Lipinski definition) is 4. The molecule has 4 amide bonds. The summed E-state index contributed by atoms with van der Waals surface area (Å²) in [7, 11) is 0. The van der Waals surface area contributed by atoms with E-state index in [9.17, 15) is 24.0 Å². The van der Waals surface area contributed by atoms with Crippen molar-refractivity contribution in [2.45, 2.75) is 138 Å². The van der Waals surface area contributed by atoms with Gasteiger partial charge in [-0.15, -0.1) is 0 Å². The maximum Gasteiger partial charge on any atom is 0.407 e. The van der Waals surface area contributed by atoms with Crippen LogP contribution in [-0.2, 0) is 35.3 Å². The lowest BCUT2D eigenvalue weighted by Gasteiger charge is -2.56. The highest BCUT2D eigenvalue weighted by Gasteiger charge is 2.60. The molecule has 51 heavy (non-hydrogen) atoms. The van der Waals surface area contributed by atoms with Gasteiger partial charge in [0.25, 0.3) is 0 Å². The summed E-state index contributed by atoms with van der Waals surface area (Å²) in [5, 5.41) is 12.5. The van der Waals surface area contributed by atoms with Crippen molar-refractivity contribution in [1.29, 1.82) is 0 Å². The zero-order valence-electron chi connectivity index (χ0n) is 32.4. The fraction of sp³-hybridized carbons (Fsp3) is 0.725. The number of nitrogens with one attached hydrogen (secondary N) is 4. The SMILES string of the molecule is CC(C)(C)OC(=O)[C@H]1C[C@@H](NC(=O)[C@@H]2C[C@H](NC(=O)[C@H]3C[C@@H](NC(=O)[C@@H]4C[C@H](NC(=O)OCc5ccccc5)C4(C)C)C3(C)C)C2(C)C)C1(C)C. The largest absolute Gasteiger partial charge is 0.460 e. The zero-order chi connectivity index (χ0) is 37.9. The number of carbonyl (C=O) groups excluding carboxylic acids is 5. The van der Waals surface area contributed by atoms with Crippen LogP contribution < -0.4 is 21.3 Å². The monoisotopic (exact) mass is 708 g/mol. The van der Waals surface area contributed by atoms with Gasteiger partial charge in [-0.3, -0.25) is 19.2 Å². The summed E-state index contributed by atoms with van der Waals surface area (Å²) in [5.74, 6) is -1.44. The lowest BCUT2D eigenvalue weighted by Crippen LogP contribution is -2.69. The van der Waals surface area contributed by atoms with Gasteiger partial charge in [-0.05, 0) is 73.7 Å². The highest BCUT2D eigenvalue weighted by Crippen LogP contribution is 2.52. The molecule has 4 saturated carbocycles. The molecule has 0 unspecified atom stereocenters. The summed E-state index contributed by atoms with van der Waals surface area (Å²) in [4.78, 5) is 65.5. The molecule has 4 N–H and O–H groups in total. The Bertz CT molecular complexity index is 1530. The van der Waals surface area contributed by atoms with Crippen molar-refractivity contribution < 1.29 is 33.4 Å². The third-order valence-electron chi connectivity index (χ3n) is 13.2. The molecule has 4 fully saturated rings. The van der Waals surface area contributed by atoms with E-state index in [0.29, 0.717) is 25.7 Å².